The molecule has 5 heteroatoms. The molecule has 1 aliphatic rings. The molecule has 0 saturated carbocycles. The minimum atomic E-state index is -0.343. The van der Waals surface area contributed by atoms with Gasteiger partial charge in [-0.1, -0.05) is 42.5 Å². The number of pyridine rings is 1. The van der Waals surface area contributed by atoms with Crippen LogP contribution in [0.15, 0.2) is 69.9 Å². The second-order valence-electron chi connectivity index (χ2n) is 7.01. The predicted octanol–water partition coefficient (Wildman–Crippen LogP) is 3.77. The summed E-state index contributed by atoms with van der Waals surface area (Å²) in [5.41, 5.74) is 3.14. The average Bonchev–Trinajstić information content (AvgIpc) is 2.75. The molecular formula is C23H20N2O3. The summed E-state index contributed by atoms with van der Waals surface area (Å²) >= 11 is 0. The van der Waals surface area contributed by atoms with Crippen LogP contribution in [0.4, 0.5) is 5.82 Å². The SMILES string of the molecule is O=c1oc2ccccc2c2nc(N3CCOCC3)c(Cc3ccccc3)cc12. The first-order chi connectivity index (χ1) is 13.8. The number of hydrogen-bond acceptors (Lipinski definition) is 5. The van der Waals surface area contributed by atoms with Gasteiger partial charge in [-0.3, -0.25) is 0 Å². The van der Waals surface area contributed by atoms with Crippen LogP contribution in [0.5, 0.6) is 0 Å². The summed E-state index contributed by atoms with van der Waals surface area (Å²) in [6.45, 7) is 2.95. The lowest BCUT2D eigenvalue weighted by molar-refractivity contribution is 0.122. The maximum absolute atomic E-state index is 12.6. The molecule has 0 radical (unpaired) electrons. The Bertz CT molecular complexity index is 1200. The highest BCUT2D eigenvalue weighted by Crippen LogP contribution is 2.29. The standard InChI is InChI=1S/C23H20N2O3/c26-23-19-15-17(14-16-6-2-1-3-7-16)22(25-10-12-27-13-11-25)24-21(19)18-8-4-5-9-20(18)28-23/h1-9,15H,10-14H2. The molecule has 0 bridgehead atoms. The maximum atomic E-state index is 12.6. The molecule has 1 aliphatic heterocycles. The van der Waals surface area contributed by atoms with Crippen LogP contribution in [0.3, 0.4) is 0 Å². The Morgan fingerprint density at radius 2 is 1.68 bits per heavy atom. The first kappa shape index (κ1) is 17.0. The molecule has 140 valence electrons. The molecule has 1 fully saturated rings. The normalized spacial score (nSPS) is 14.6. The molecule has 5 nitrogen and oxygen atoms in total. The van der Waals surface area contributed by atoms with Crippen LogP contribution >= 0.6 is 0 Å². The molecule has 0 atom stereocenters. The fourth-order valence-corrected chi connectivity index (χ4v) is 3.81. The van der Waals surface area contributed by atoms with Crippen molar-refractivity contribution in [3.8, 4) is 0 Å². The van der Waals surface area contributed by atoms with Gasteiger partial charge in [0.2, 0.25) is 0 Å². The molecule has 0 N–H and O–H groups in total. The van der Waals surface area contributed by atoms with E-state index in [1.807, 2.05) is 48.5 Å². The summed E-state index contributed by atoms with van der Waals surface area (Å²) in [5, 5.41) is 1.39. The molecule has 0 amide bonds. The van der Waals surface area contributed by atoms with E-state index < -0.39 is 0 Å². The highest BCUT2D eigenvalue weighted by molar-refractivity contribution is 6.02. The van der Waals surface area contributed by atoms with Crippen molar-refractivity contribution in [1.29, 1.82) is 0 Å². The van der Waals surface area contributed by atoms with Gasteiger partial charge < -0.3 is 14.1 Å². The van der Waals surface area contributed by atoms with E-state index in [0.29, 0.717) is 36.1 Å². The second-order valence-corrected chi connectivity index (χ2v) is 7.01. The number of benzene rings is 2. The van der Waals surface area contributed by atoms with Crippen LogP contribution in [-0.2, 0) is 11.2 Å². The van der Waals surface area contributed by atoms with Crippen molar-refractivity contribution in [2.45, 2.75) is 6.42 Å². The van der Waals surface area contributed by atoms with Crippen molar-refractivity contribution in [1.82, 2.24) is 4.98 Å². The Morgan fingerprint density at radius 3 is 2.50 bits per heavy atom. The zero-order valence-electron chi connectivity index (χ0n) is 15.4. The summed E-state index contributed by atoms with van der Waals surface area (Å²) in [5.74, 6) is 0.926. The molecule has 1 saturated heterocycles. The highest BCUT2D eigenvalue weighted by Gasteiger charge is 2.20. The zero-order valence-corrected chi connectivity index (χ0v) is 15.4. The van der Waals surface area contributed by atoms with Gasteiger partial charge in [-0.05, 0) is 29.3 Å². The molecule has 28 heavy (non-hydrogen) atoms. The Morgan fingerprint density at radius 1 is 0.929 bits per heavy atom. The quantitative estimate of drug-likeness (QED) is 0.405. The molecule has 0 spiro atoms. The van der Waals surface area contributed by atoms with E-state index in [0.717, 1.165) is 29.9 Å². The first-order valence-corrected chi connectivity index (χ1v) is 9.52. The third-order valence-corrected chi connectivity index (χ3v) is 5.19. The van der Waals surface area contributed by atoms with Crippen LogP contribution in [0, 0.1) is 0 Å². The van der Waals surface area contributed by atoms with Gasteiger partial charge in [0, 0.05) is 24.9 Å². The molecule has 3 heterocycles. The smallest absolute Gasteiger partial charge is 0.345 e. The second kappa shape index (κ2) is 7.09. The van der Waals surface area contributed by atoms with E-state index in [1.54, 1.807) is 0 Å². The summed E-state index contributed by atoms with van der Waals surface area (Å²) in [7, 11) is 0. The fourth-order valence-electron chi connectivity index (χ4n) is 3.81. The van der Waals surface area contributed by atoms with E-state index in [9.17, 15) is 4.79 Å². The number of ether oxygens (including phenoxy) is 1. The average molecular weight is 372 g/mol. The lowest BCUT2D eigenvalue weighted by Gasteiger charge is -2.30. The Labute approximate surface area is 162 Å². The number of para-hydroxylation sites is 1. The highest BCUT2D eigenvalue weighted by atomic mass is 16.5. The third kappa shape index (κ3) is 3.04. The Balaban J connectivity index is 1.75. The lowest BCUT2D eigenvalue weighted by Crippen LogP contribution is -2.37. The van der Waals surface area contributed by atoms with Crippen LogP contribution in [0.1, 0.15) is 11.1 Å². The summed E-state index contributed by atoms with van der Waals surface area (Å²) in [6, 6.07) is 19.8. The molecule has 5 rings (SSSR count). The molecule has 0 unspecified atom stereocenters. The van der Waals surface area contributed by atoms with Crippen LogP contribution in [-0.4, -0.2) is 31.3 Å². The molecule has 2 aromatic heterocycles. The third-order valence-electron chi connectivity index (χ3n) is 5.19. The minimum Gasteiger partial charge on any atom is -0.422 e. The van der Waals surface area contributed by atoms with E-state index in [4.69, 9.17) is 14.1 Å². The molecule has 2 aromatic carbocycles. The van der Waals surface area contributed by atoms with Crippen LogP contribution < -0.4 is 10.5 Å². The molecule has 0 aliphatic carbocycles. The summed E-state index contributed by atoms with van der Waals surface area (Å²) in [6.07, 6.45) is 0.711. The van der Waals surface area contributed by atoms with Gasteiger partial charge >= 0.3 is 5.63 Å². The van der Waals surface area contributed by atoms with Gasteiger partial charge in [-0.15, -0.1) is 0 Å². The van der Waals surface area contributed by atoms with Crippen LogP contribution in [0.2, 0.25) is 0 Å². The number of anilines is 1. The Hall–Kier alpha value is -3.18. The number of hydrogen-bond donors (Lipinski definition) is 0. The predicted molar refractivity (Wildman–Crippen MR) is 110 cm³/mol. The fraction of sp³-hybridized carbons (Fsp3) is 0.217. The number of morpholine rings is 1. The zero-order chi connectivity index (χ0) is 18.9. The summed E-state index contributed by atoms with van der Waals surface area (Å²) in [4.78, 5) is 19.9. The van der Waals surface area contributed by atoms with E-state index >= 15 is 0 Å². The largest absolute Gasteiger partial charge is 0.422 e. The minimum absolute atomic E-state index is 0.343. The van der Waals surface area contributed by atoms with Gasteiger partial charge in [0.1, 0.15) is 11.4 Å². The van der Waals surface area contributed by atoms with Crippen molar-refractivity contribution >= 4 is 27.7 Å². The number of aromatic nitrogens is 1. The summed E-state index contributed by atoms with van der Waals surface area (Å²) < 4.78 is 11.1. The topological polar surface area (TPSA) is 55.6 Å². The first-order valence-electron chi connectivity index (χ1n) is 9.52. The van der Waals surface area contributed by atoms with Crippen molar-refractivity contribution < 1.29 is 9.15 Å². The molecular weight excluding hydrogens is 352 g/mol. The van der Waals surface area contributed by atoms with E-state index in [2.05, 4.69) is 17.0 Å². The lowest BCUT2D eigenvalue weighted by atomic mass is 10.0. The van der Waals surface area contributed by atoms with Gasteiger partial charge in [-0.25, -0.2) is 9.78 Å². The van der Waals surface area contributed by atoms with Crippen LogP contribution in [0.25, 0.3) is 21.9 Å². The van der Waals surface area contributed by atoms with E-state index in [-0.39, 0.29) is 5.63 Å². The monoisotopic (exact) mass is 372 g/mol. The van der Waals surface area contributed by atoms with Crippen molar-refractivity contribution in [2.75, 3.05) is 31.2 Å². The van der Waals surface area contributed by atoms with Crippen molar-refractivity contribution in [3.63, 3.8) is 0 Å². The van der Waals surface area contributed by atoms with Crippen molar-refractivity contribution in [2.24, 2.45) is 0 Å². The molecule has 4 aromatic rings. The van der Waals surface area contributed by atoms with Gasteiger partial charge in [0.25, 0.3) is 0 Å². The van der Waals surface area contributed by atoms with Gasteiger partial charge in [-0.2, -0.15) is 0 Å². The van der Waals surface area contributed by atoms with Gasteiger partial charge in [0.05, 0.1) is 24.1 Å². The van der Waals surface area contributed by atoms with Crippen molar-refractivity contribution in [3.05, 3.63) is 82.2 Å². The van der Waals surface area contributed by atoms with Gasteiger partial charge in [0.15, 0.2) is 0 Å². The Kier molecular flexibility index (Phi) is 4.29. The maximum Gasteiger partial charge on any atom is 0.345 e. The number of rotatable bonds is 3. The number of fused-ring (bicyclic) bond motifs is 3. The van der Waals surface area contributed by atoms with E-state index in [1.165, 1.54) is 5.56 Å². The number of nitrogens with zero attached hydrogens (tertiary/aromatic N) is 2.